The first-order valence-corrected chi connectivity index (χ1v) is 8.56. The van der Waals surface area contributed by atoms with E-state index in [9.17, 15) is 0 Å². The lowest BCUT2D eigenvalue weighted by Gasteiger charge is -2.13. The topological polar surface area (TPSA) is 12.0 Å². The third-order valence-corrected chi connectivity index (χ3v) is 4.13. The predicted octanol–water partition coefficient (Wildman–Crippen LogP) is 5.55. The van der Waals surface area contributed by atoms with E-state index in [0.717, 1.165) is 25.8 Å². The van der Waals surface area contributed by atoms with Crippen molar-refractivity contribution < 1.29 is 0 Å². The molecule has 124 valence electrons. The quantitative estimate of drug-likeness (QED) is 0.472. The number of rotatable bonds is 9. The zero-order valence-corrected chi connectivity index (χ0v) is 14.6. The van der Waals surface area contributed by atoms with E-state index in [1.54, 1.807) is 0 Å². The van der Waals surface area contributed by atoms with Gasteiger partial charge < -0.3 is 5.32 Å². The summed E-state index contributed by atoms with van der Waals surface area (Å²) >= 11 is 0. The van der Waals surface area contributed by atoms with Crippen LogP contribution < -0.4 is 5.32 Å². The minimum atomic E-state index is 0.920. The van der Waals surface area contributed by atoms with Gasteiger partial charge in [0.25, 0.3) is 0 Å². The summed E-state index contributed by atoms with van der Waals surface area (Å²) in [5, 5.41) is 3.54. The van der Waals surface area contributed by atoms with Crippen molar-refractivity contribution in [2.45, 2.75) is 26.2 Å². The van der Waals surface area contributed by atoms with Crippen molar-refractivity contribution >= 4 is 5.57 Å². The van der Waals surface area contributed by atoms with E-state index in [1.807, 2.05) is 12.2 Å². The number of hydrogen-bond donors (Lipinski definition) is 1. The Labute approximate surface area is 146 Å². The van der Waals surface area contributed by atoms with Crippen LogP contribution in [0.25, 0.3) is 5.57 Å². The predicted molar refractivity (Wildman–Crippen MR) is 106 cm³/mol. The first-order valence-electron chi connectivity index (χ1n) is 8.56. The first kappa shape index (κ1) is 17.8. The highest BCUT2D eigenvalue weighted by atomic mass is 14.9. The average molecular weight is 317 g/mol. The molecule has 0 aliphatic heterocycles. The molecule has 1 nitrogen and oxygen atoms in total. The fourth-order valence-corrected chi connectivity index (χ4v) is 2.78. The van der Waals surface area contributed by atoms with Gasteiger partial charge in [-0.2, -0.15) is 0 Å². The number of aryl methyl sites for hydroxylation is 1. The molecular formula is C23H27N. The van der Waals surface area contributed by atoms with Gasteiger partial charge in [0.2, 0.25) is 0 Å². The smallest absolute Gasteiger partial charge is 0.0184 e. The number of nitrogens with one attached hydrogen (secondary N) is 1. The van der Waals surface area contributed by atoms with Crippen LogP contribution in [0.5, 0.6) is 0 Å². The molecule has 0 aliphatic carbocycles. The van der Waals surface area contributed by atoms with Gasteiger partial charge in [0, 0.05) is 12.2 Å². The maximum absolute atomic E-state index is 4.00. The van der Waals surface area contributed by atoms with Gasteiger partial charge in [-0.15, -0.1) is 6.58 Å². The van der Waals surface area contributed by atoms with E-state index in [4.69, 9.17) is 0 Å². The van der Waals surface area contributed by atoms with E-state index >= 15 is 0 Å². The van der Waals surface area contributed by atoms with Crippen LogP contribution in [0.4, 0.5) is 0 Å². The number of benzene rings is 2. The van der Waals surface area contributed by atoms with Gasteiger partial charge in [-0.25, -0.2) is 0 Å². The molecule has 0 aliphatic rings. The number of hydrogen-bond acceptors (Lipinski definition) is 1. The van der Waals surface area contributed by atoms with Crippen LogP contribution in [0, 0.1) is 0 Å². The van der Waals surface area contributed by atoms with Crippen LogP contribution >= 0.6 is 0 Å². The molecule has 0 bridgehead atoms. The molecule has 0 atom stereocenters. The molecule has 2 rings (SSSR count). The normalized spacial score (nSPS) is 11.5. The summed E-state index contributed by atoms with van der Waals surface area (Å²) in [5.41, 5.74) is 6.25. The Balaban J connectivity index is 2.06. The fourth-order valence-electron chi connectivity index (χ4n) is 2.78. The van der Waals surface area contributed by atoms with Crippen molar-refractivity contribution in [3.8, 4) is 0 Å². The van der Waals surface area contributed by atoms with E-state index in [1.165, 1.54) is 28.0 Å². The summed E-state index contributed by atoms with van der Waals surface area (Å²) in [6.45, 7) is 10.8. The lowest BCUT2D eigenvalue weighted by Crippen LogP contribution is -2.16. The molecule has 0 spiro atoms. The van der Waals surface area contributed by atoms with Crippen molar-refractivity contribution in [1.82, 2.24) is 5.32 Å². The van der Waals surface area contributed by atoms with E-state index in [2.05, 4.69) is 80.0 Å². The summed E-state index contributed by atoms with van der Waals surface area (Å²) in [4.78, 5) is 0. The fraction of sp³-hybridized carbons (Fsp3) is 0.217. The second kappa shape index (κ2) is 9.57. The van der Waals surface area contributed by atoms with Gasteiger partial charge in [0.15, 0.2) is 0 Å². The average Bonchev–Trinajstić information content (AvgIpc) is 2.62. The highest BCUT2D eigenvalue weighted by molar-refractivity contribution is 5.76. The monoisotopic (exact) mass is 317 g/mol. The molecule has 1 N–H and O–H groups in total. The lowest BCUT2D eigenvalue weighted by atomic mass is 9.99. The highest BCUT2D eigenvalue weighted by Gasteiger charge is 2.04. The molecule has 2 aromatic carbocycles. The van der Waals surface area contributed by atoms with Crippen LogP contribution in [0.3, 0.4) is 0 Å². The molecule has 0 radical (unpaired) electrons. The van der Waals surface area contributed by atoms with Gasteiger partial charge in [0.1, 0.15) is 0 Å². The largest absolute Gasteiger partial charge is 0.388 e. The zero-order chi connectivity index (χ0) is 17.2. The van der Waals surface area contributed by atoms with Gasteiger partial charge in [-0.05, 0) is 48.4 Å². The summed E-state index contributed by atoms with van der Waals surface area (Å²) in [6.07, 6.45) is 6.96. The summed E-state index contributed by atoms with van der Waals surface area (Å²) in [6, 6.07) is 19.2. The summed E-state index contributed by atoms with van der Waals surface area (Å²) < 4.78 is 0. The molecule has 1 heteroatoms. The molecule has 0 amide bonds. The maximum atomic E-state index is 4.00. The second-order valence-electron chi connectivity index (χ2n) is 5.93. The molecular weight excluding hydrogens is 290 g/mol. The van der Waals surface area contributed by atoms with Crippen molar-refractivity contribution in [3.63, 3.8) is 0 Å². The van der Waals surface area contributed by atoms with Crippen LogP contribution in [0.2, 0.25) is 0 Å². The van der Waals surface area contributed by atoms with Gasteiger partial charge in [-0.1, -0.05) is 73.3 Å². The standard InChI is InChI=1S/C23H27N/c1-4-6-11-21-14-10-15-22(18-21)23(5-2)19(3)24-17-16-20-12-8-7-9-13-20/h4-5,7-10,12-15,18,24H,1-2,6,11,16-17H2,3H3/b23-19+. The highest BCUT2D eigenvalue weighted by Crippen LogP contribution is 2.20. The minimum Gasteiger partial charge on any atom is -0.388 e. The van der Waals surface area contributed by atoms with Crippen molar-refractivity contribution in [3.05, 3.63) is 102 Å². The van der Waals surface area contributed by atoms with Crippen molar-refractivity contribution in [2.75, 3.05) is 6.54 Å². The van der Waals surface area contributed by atoms with Crippen molar-refractivity contribution in [1.29, 1.82) is 0 Å². The molecule has 0 fully saturated rings. The van der Waals surface area contributed by atoms with Gasteiger partial charge >= 0.3 is 0 Å². The molecule has 2 aromatic rings. The zero-order valence-electron chi connectivity index (χ0n) is 14.6. The van der Waals surface area contributed by atoms with Crippen LogP contribution in [0.15, 0.2) is 85.6 Å². The summed E-state index contributed by atoms with van der Waals surface area (Å²) in [7, 11) is 0. The Hall–Kier alpha value is -2.54. The molecule has 0 unspecified atom stereocenters. The Morgan fingerprint density at radius 1 is 0.958 bits per heavy atom. The summed E-state index contributed by atoms with van der Waals surface area (Å²) in [5.74, 6) is 0. The van der Waals surface area contributed by atoms with Gasteiger partial charge in [-0.3, -0.25) is 0 Å². The SMILES string of the molecule is C=CCCc1cccc(/C(C=C)=C(\C)NCCc2ccccc2)c1. The molecule has 0 aromatic heterocycles. The van der Waals surface area contributed by atoms with E-state index < -0.39 is 0 Å². The first-order chi connectivity index (χ1) is 11.7. The molecule has 0 saturated heterocycles. The molecule has 0 heterocycles. The lowest BCUT2D eigenvalue weighted by molar-refractivity contribution is 0.791. The minimum absolute atomic E-state index is 0.920. The van der Waals surface area contributed by atoms with Gasteiger partial charge in [0.05, 0.1) is 0 Å². The Morgan fingerprint density at radius 3 is 2.42 bits per heavy atom. The second-order valence-corrected chi connectivity index (χ2v) is 5.93. The van der Waals surface area contributed by atoms with Crippen molar-refractivity contribution in [2.24, 2.45) is 0 Å². The molecule has 0 saturated carbocycles. The maximum Gasteiger partial charge on any atom is 0.0184 e. The van der Waals surface area contributed by atoms with E-state index in [0.29, 0.717) is 0 Å². The third-order valence-electron chi connectivity index (χ3n) is 4.13. The van der Waals surface area contributed by atoms with Crippen LogP contribution in [-0.2, 0) is 12.8 Å². The van der Waals surface area contributed by atoms with Crippen LogP contribution in [-0.4, -0.2) is 6.54 Å². The Kier molecular flexibility index (Phi) is 7.10. The Bertz CT molecular complexity index is 695. The van der Waals surface area contributed by atoms with E-state index in [-0.39, 0.29) is 0 Å². The van der Waals surface area contributed by atoms with Crippen LogP contribution in [0.1, 0.15) is 30.0 Å². The number of allylic oxidation sites excluding steroid dienone is 4. The molecule has 24 heavy (non-hydrogen) atoms. The Morgan fingerprint density at radius 2 is 1.71 bits per heavy atom. The third kappa shape index (κ3) is 5.27.